The molecule has 2 N–H and O–H groups in total. The van der Waals surface area contributed by atoms with Gasteiger partial charge in [-0.15, -0.1) is 0 Å². The average Bonchev–Trinajstić information content (AvgIpc) is 2.56. The summed E-state index contributed by atoms with van der Waals surface area (Å²) in [6, 6.07) is 0. The van der Waals surface area contributed by atoms with Gasteiger partial charge in [-0.05, 0) is 62.7 Å². The lowest BCUT2D eigenvalue weighted by molar-refractivity contribution is -0.0707. The summed E-state index contributed by atoms with van der Waals surface area (Å²) in [5.41, 5.74) is 7.78. The maximum Gasteiger partial charge on any atom is 0.170 e. The Morgan fingerprint density at radius 1 is 1.22 bits per heavy atom. The Hall–Kier alpha value is -0.990. The van der Waals surface area contributed by atoms with E-state index in [1.165, 1.54) is 38.5 Å². The van der Waals surface area contributed by atoms with E-state index in [-0.39, 0.29) is 5.41 Å². The van der Waals surface area contributed by atoms with Crippen LogP contribution in [0.25, 0.3) is 0 Å². The first-order valence-corrected chi connectivity index (χ1v) is 7.22. The molecule has 1 aromatic rings. The van der Waals surface area contributed by atoms with E-state index in [1.54, 1.807) is 0 Å². The van der Waals surface area contributed by atoms with E-state index in [0.717, 1.165) is 23.2 Å². The molecule has 1 aromatic heterocycles. The van der Waals surface area contributed by atoms with Crippen LogP contribution in [0.2, 0.25) is 0 Å². The van der Waals surface area contributed by atoms with Crippen LogP contribution in [0.1, 0.15) is 56.8 Å². The summed E-state index contributed by atoms with van der Waals surface area (Å²) >= 11 is 0. The van der Waals surface area contributed by atoms with Crippen LogP contribution in [0.15, 0.2) is 4.52 Å². The molecule has 2 atom stereocenters. The van der Waals surface area contributed by atoms with Crippen molar-refractivity contribution in [3.05, 3.63) is 11.3 Å². The molecule has 0 aromatic carbocycles. The van der Waals surface area contributed by atoms with Gasteiger partial charge in [0.2, 0.25) is 0 Å². The van der Waals surface area contributed by atoms with Crippen molar-refractivity contribution in [3.63, 3.8) is 0 Å². The van der Waals surface area contributed by atoms with Crippen LogP contribution in [0, 0.1) is 24.2 Å². The first-order valence-electron chi connectivity index (χ1n) is 7.22. The van der Waals surface area contributed by atoms with E-state index in [4.69, 9.17) is 10.3 Å². The van der Waals surface area contributed by atoms with Gasteiger partial charge in [0, 0.05) is 11.0 Å². The molecular weight excluding hydrogens is 224 g/mol. The number of nitrogens with zero attached hydrogens (tertiary/aromatic N) is 1. The number of nitrogens with two attached hydrogens (primary N) is 1. The summed E-state index contributed by atoms with van der Waals surface area (Å²) in [6.07, 6.45) is 8.17. The largest absolute Gasteiger partial charge is 0.381 e. The lowest BCUT2D eigenvalue weighted by Gasteiger charge is -2.60. The van der Waals surface area contributed by atoms with Crippen LogP contribution >= 0.6 is 0 Å². The minimum absolute atomic E-state index is 0.257. The molecule has 0 saturated heterocycles. The summed E-state index contributed by atoms with van der Waals surface area (Å²) in [7, 11) is 0. The topological polar surface area (TPSA) is 52.0 Å². The van der Waals surface area contributed by atoms with Crippen molar-refractivity contribution in [2.75, 3.05) is 5.73 Å². The van der Waals surface area contributed by atoms with Gasteiger partial charge >= 0.3 is 0 Å². The summed E-state index contributed by atoms with van der Waals surface area (Å²) < 4.78 is 5.65. The van der Waals surface area contributed by atoms with Crippen molar-refractivity contribution in [2.24, 2.45) is 17.3 Å². The zero-order valence-electron chi connectivity index (χ0n) is 11.3. The van der Waals surface area contributed by atoms with Crippen LogP contribution in [0.4, 0.5) is 5.82 Å². The molecule has 4 aliphatic carbocycles. The smallest absolute Gasteiger partial charge is 0.170 e. The molecule has 3 nitrogen and oxygen atoms in total. The van der Waals surface area contributed by atoms with Crippen LogP contribution in [-0.4, -0.2) is 5.16 Å². The first-order chi connectivity index (χ1) is 8.50. The van der Waals surface area contributed by atoms with Crippen molar-refractivity contribution in [2.45, 2.75) is 57.8 Å². The van der Waals surface area contributed by atoms with E-state index in [9.17, 15) is 0 Å². The second-order valence-electron chi connectivity index (χ2n) is 7.57. The van der Waals surface area contributed by atoms with E-state index in [0.29, 0.717) is 11.2 Å². The van der Waals surface area contributed by atoms with Crippen molar-refractivity contribution >= 4 is 5.82 Å². The maximum atomic E-state index is 5.89. The molecule has 0 amide bonds. The Morgan fingerprint density at radius 2 is 1.89 bits per heavy atom. The van der Waals surface area contributed by atoms with Crippen molar-refractivity contribution in [1.82, 2.24) is 5.16 Å². The molecule has 98 valence electrons. The number of hydrogen-bond acceptors (Lipinski definition) is 3. The van der Waals surface area contributed by atoms with E-state index in [1.807, 2.05) is 0 Å². The fourth-order valence-corrected chi connectivity index (χ4v) is 5.83. The van der Waals surface area contributed by atoms with Gasteiger partial charge in [0.05, 0.1) is 0 Å². The molecule has 0 radical (unpaired) electrons. The van der Waals surface area contributed by atoms with Gasteiger partial charge in [-0.2, -0.15) is 0 Å². The molecule has 2 unspecified atom stereocenters. The minimum Gasteiger partial charge on any atom is -0.381 e. The summed E-state index contributed by atoms with van der Waals surface area (Å²) in [6.45, 7) is 4.55. The van der Waals surface area contributed by atoms with E-state index >= 15 is 0 Å². The molecular formula is C15H22N2O. The second kappa shape index (κ2) is 3.12. The number of aromatic nitrogens is 1. The second-order valence-corrected chi connectivity index (χ2v) is 7.57. The molecule has 5 rings (SSSR count). The lowest BCUT2D eigenvalue weighted by Crippen LogP contribution is -2.53. The van der Waals surface area contributed by atoms with Gasteiger partial charge in [-0.25, -0.2) is 0 Å². The average molecular weight is 246 g/mol. The van der Waals surface area contributed by atoms with Gasteiger partial charge in [0.25, 0.3) is 0 Å². The van der Waals surface area contributed by atoms with Gasteiger partial charge < -0.3 is 10.3 Å². The third kappa shape index (κ3) is 1.28. The number of rotatable bonds is 1. The molecule has 0 aliphatic heterocycles. The summed E-state index contributed by atoms with van der Waals surface area (Å²) in [4.78, 5) is 0. The predicted molar refractivity (Wildman–Crippen MR) is 70.1 cm³/mol. The Balaban J connectivity index is 1.82. The number of anilines is 1. The normalized spacial score (nSPS) is 45.7. The molecule has 1 heterocycles. The van der Waals surface area contributed by atoms with Crippen LogP contribution in [0.3, 0.4) is 0 Å². The molecule has 4 aliphatic rings. The van der Waals surface area contributed by atoms with Crippen molar-refractivity contribution in [1.29, 1.82) is 0 Å². The highest BCUT2D eigenvalue weighted by molar-refractivity contribution is 5.43. The number of nitrogen functional groups attached to an aromatic ring is 1. The van der Waals surface area contributed by atoms with E-state index in [2.05, 4.69) is 19.0 Å². The van der Waals surface area contributed by atoms with Gasteiger partial charge in [-0.1, -0.05) is 12.1 Å². The highest BCUT2D eigenvalue weighted by Crippen LogP contribution is 2.65. The quantitative estimate of drug-likeness (QED) is 0.826. The Bertz CT molecular complexity index is 491. The highest BCUT2D eigenvalue weighted by Gasteiger charge is 2.58. The molecule has 4 bridgehead atoms. The maximum absolute atomic E-state index is 5.89. The monoisotopic (exact) mass is 246 g/mol. The third-order valence-corrected chi connectivity index (χ3v) is 5.80. The van der Waals surface area contributed by atoms with Gasteiger partial charge in [0.1, 0.15) is 5.76 Å². The van der Waals surface area contributed by atoms with Crippen molar-refractivity contribution in [3.8, 4) is 0 Å². The molecule has 18 heavy (non-hydrogen) atoms. The van der Waals surface area contributed by atoms with Gasteiger partial charge in [0.15, 0.2) is 5.82 Å². The molecule has 4 fully saturated rings. The predicted octanol–water partition coefficient (Wildman–Crippen LogP) is 3.42. The Morgan fingerprint density at radius 3 is 2.39 bits per heavy atom. The fourth-order valence-electron chi connectivity index (χ4n) is 5.83. The molecule has 3 heteroatoms. The molecule has 4 saturated carbocycles. The van der Waals surface area contributed by atoms with Crippen molar-refractivity contribution < 1.29 is 4.52 Å². The lowest BCUT2D eigenvalue weighted by atomic mass is 9.44. The third-order valence-electron chi connectivity index (χ3n) is 5.80. The number of hydrogen-bond donors (Lipinski definition) is 1. The van der Waals surface area contributed by atoms with Crippen LogP contribution < -0.4 is 5.73 Å². The summed E-state index contributed by atoms with van der Waals surface area (Å²) in [5.74, 6) is 3.51. The first kappa shape index (κ1) is 10.9. The fraction of sp³-hybridized carbons (Fsp3) is 0.800. The Kier molecular flexibility index (Phi) is 1.89. The summed E-state index contributed by atoms with van der Waals surface area (Å²) in [5, 5.41) is 4.00. The Labute approximate surface area is 108 Å². The zero-order chi connectivity index (χ0) is 12.5. The van der Waals surface area contributed by atoms with Crippen LogP contribution in [-0.2, 0) is 5.41 Å². The van der Waals surface area contributed by atoms with Crippen LogP contribution in [0.5, 0.6) is 0 Å². The zero-order valence-corrected chi connectivity index (χ0v) is 11.3. The minimum atomic E-state index is 0.257. The SMILES string of the molecule is Cc1c(N)noc1C12CC3CC(CC(C)(C3)C1)C2. The molecule has 0 spiro atoms. The standard InChI is InChI=1S/C15H22N2O/c1-9-12(18-17-13(9)16)15-6-10-3-11(7-15)5-14(2,4-10)8-15/h10-11H,3-8H2,1-2H3,(H2,16,17). The van der Waals surface area contributed by atoms with E-state index < -0.39 is 0 Å². The highest BCUT2D eigenvalue weighted by atomic mass is 16.5. The van der Waals surface area contributed by atoms with Gasteiger partial charge in [-0.3, -0.25) is 0 Å².